The van der Waals surface area contributed by atoms with E-state index in [2.05, 4.69) is 10.6 Å². The van der Waals surface area contributed by atoms with E-state index in [0.29, 0.717) is 13.1 Å². The van der Waals surface area contributed by atoms with E-state index in [1.807, 2.05) is 43.9 Å². The number of hydrogen-bond acceptors (Lipinski definition) is 4. The molecule has 0 bridgehead atoms. The molecule has 1 atom stereocenters. The first-order valence-electron chi connectivity index (χ1n) is 9.82. The number of rotatable bonds is 5. The van der Waals surface area contributed by atoms with Crippen molar-refractivity contribution in [2.45, 2.75) is 58.5 Å². The lowest BCUT2D eigenvalue weighted by atomic mass is 9.86. The Morgan fingerprint density at radius 2 is 1.74 bits per heavy atom. The Morgan fingerprint density at radius 3 is 2.33 bits per heavy atom. The minimum atomic E-state index is -0.408. The van der Waals surface area contributed by atoms with Crippen LogP contribution in [0.25, 0.3) is 0 Å². The van der Waals surface area contributed by atoms with Crippen LogP contribution < -0.4 is 10.6 Å². The molecule has 2 fully saturated rings. The van der Waals surface area contributed by atoms with Crippen LogP contribution in [0.2, 0.25) is 0 Å². The lowest BCUT2D eigenvalue weighted by molar-refractivity contribution is -0.125. The average Bonchev–Trinajstić information content (AvgIpc) is 3.44. The normalized spacial score (nSPS) is 19.4. The average molecular weight is 371 g/mol. The number of benzene rings is 1. The van der Waals surface area contributed by atoms with E-state index < -0.39 is 6.03 Å². The Hall–Kier alpha value is -2.21. The molecule has 2 N–H and O–H groups in total. The van der Waals surface area contributed by atoms with Crippen LogP contribution in [-0.4, -0.2) is 47.8 Å². The van der Waals surface area contributed by atoms with Gasteiger partial charge in [-0.25, -0.2) is 4.79 Å². The summed E-state index contributed by atoms with van der Waals surface area (Å²) >= 11 is 0. The maximum atomic E-state index is 12.8. The zero-order valence-electron chi connectivity index (χ0n) is 16.4. The SMILES string of the molecule is Cc1ccc(C(=O)C2CCN(C(C)C(=O)NC(=O)NC3CC3)CC2)c(C)c1. The molecular formula is C21H29N3O3. The van der Waals surface area contributed by atoms with Gasteiger partial charge in [0.15, 0.2) is 5.78 Å². The second kappa shape index (κ2) is 8.21. The van der Waals surface area contributed by atoms with Crippen LogP contribution in [0.3, 0.4) is 0 Å². The molecule has 2 aliphatic rings. The molecular weight excluding hydrogens is 342 g/mol. The minimum Gasteiger partial charge on any atom is -0.335 e. The maximum Gasteiger partial charge on any atom is 0.321 e. The number of amides is 3. The molecule has 1 aliphatic heterocycles. The summed E-state index contributed by atoms with van der Waals surface area (Å²) < 4.78 is 0. The van der Waals surface area contributed by atoms with Gasteiger partial charge >= 0.3 is 6.03 Å². The van der Waals surface area contributed by atoms with Crippen molar-refractivity contribution >= 4 is 17.7 Å². The topological polar surface area (TPSA) is 78.5 Å². The van der Waals surface area contributed by atoms with Crippen molar-refractivity contribution in [3.8, 4) is 0 Å². The number of likely N-dealkylation sites (tertiary alicyclic amines) is 1. The fraction of sp³-hybridized carbons (Fsp3) is 0.571. The molecule has 1 unspecified atom stereocenters. The van der Waals surface area contributed by atoms with Crippen molar-refractivity contribution in [2.75, 3.05) is 13.1 Å². The summed E-state index contributed by atoms with van der Waals surface area (Å²) in [5.41, 5.74) is 2.99. The van der Waals surface area contributed by atoms with Gasteiger partial charge in [-0.2, -0.15) is 0 Å². The monoisotopic (exact) mass is 371 g/mol. The van der Waals surface area contributed by atoms with Crippen LogP contribution >= 0.6 is 0 Å². The number of hydrogen-bond donors (Lipinski definition) is 2. The highest BCUT2D eigenvalue weighted by Gasteiger charge is 2.31. The summed E-state index contributed by atoms with van der Waals surface area (Å²) in [6.45, 7) is 7.18. The van der Waals surface area contributed by atoms with Gasteiger partial charge in [0.2, 0.25) is 5.91 Å². The van der Waals surface area contributed by atoms with Crippen LogP contribution in [-0.2, 0) is 4.79 Å². The van der Waals surface area contributed by atoms with Crippen molar-refractivity contribution in [1.29, 1.82) is 0 Å². The van der Waals surface area contributed by atoms with Gasteiger partial charge in [0, 0.05) is 17.5 Å². The Bertz CT molecular complexity index is 734. The Morgan fingerprint density at radius 1 is 1.07 bits per heavy atom. The predicted octanol–water partition coefficient (Wildman–Crippen LogP) is 2.57. The molecule has 1 heterocycles. The number of piperidine rings is 1. The van der Waals surface area contributed by atoms with Crippen molar-refractivity contribution in [3.63, 3.8) is 0 Å². The van der Waals surface area contributed by atoms with Crippen molar-refractivity contribution in [2.24, 2.45) is 5.92 Å². The summed E-state index contributed by atoms with van der Waals surface area (Å²) in [6.07, 6.45) is 3.44. The Balaban J connectivity index is 1.50. The van der Waals surface area contributed by atoms with Gasteiger partial charge in [-0.1, -0.05) is 23.8 Å². The maximum absolute atomic E-state index is 12.8. The molecule has 0 aromatic heterocycles. The summed E-state index contributed by atoms with van der Waals surface area (Å²) in [7, 11) is 0. The number of carbonyl (C=O) groups is 3. The predicted molar refractivity (Wildman–Crippen MR) is 104 cm³/mol. The highest BCUT2D eigenvalue weighted by atomic mass is 16.2. The number of ketones is 1. The number of Topliss-reactive ketones (excluding diaryl/α,β-unsaturated/α-hetero) is 1. The van der Waals surface area contributed by atoms with E-state index in [0.717, 1.165) is 42.4 Å². The summed E-state index contributed by atoms with van der Waals surface area (Å²) in [4.78, 5) is 38.9. The zero-order valence-corrected chi connectivity index (χ0v) is 16.4. The first kappa shape index (κ1) is 19.5. The van der Waals surface area contributed by atoms with E-state index in [4.69, 9.17) is 0 Å². The number of aryl methyl sites for hydroxylation is 2. The number of urea groups is 1. The van der Waals surface area contributed by atoms with Gasteiger partial charge in [0.1, 0.15) is 0 Å². The van der Waals surface area contributed by atoms with E-state index in [1.165, 1.54) is 0 Å². The molecule has 3 amide bonds. The van der Waals surface area contributed by atoms with Crippen LogP contribution in [0.15, 0.2) is 18.2 Å². The van der Waals surface area contributed by atoms with Crippen molar-refractivity contribution in [1.82, 2.24) is 15.5 Å². The third kappa shape index (κ3) is 4.95. The van der Waals surface area contributed by atoms with Crippen LogP contribution in [0.1, 0.15) is 54.1 Å². The molecule has 6 nitrogen and oxygen atoms in total. The Labute approximate surface area is 160 Å². The molecule has 1 saturated heterocycles. The molecule has 1 aromatic carbocycles. The van der Waals surface area contributed by atoms with Crippen molar-refractivity contribution in [3.05, 3.63) is 34.9 Å². The second-order valence-electron chi connectivity index (χ2n) is 7.91. The fourth-order valence-electron chi connectivity index (χ4n) is 3.69. The molecule has 146 valence electrons. The Kier molecular flexibility index (Phi) is 5.95. The quantitative estimate of drug-likeness (QED) is 0.780. The van der Waals surface area contributed by atoms with Gasteiger partial charge in [-0.15, -0.1) is 0 Å². The first-order valence-corrected chi connectivity index (χ1v) is 9.82. The number of nitrogens with zero attached hydrogens (tertiary/aromatic N) is 1. The molecule has 1 aliphatic carbocycles. The molecule has 3 rings (SSSR count). The van der Waals surface area contributed by atoms with Gasteiger partial charge in [0.05, 0.1) is 6.04 Å². The van der Waals surface area contributed by atoms with E-state index in [1.54, 1.807) is 0 Å². The fourth-order valence-corrected chi connectivity index (χ4v) is 3.69. The van der Waals surface area contributed by atoms with E-state index in [9.17, 15) is 14.4 Å². The smallest absolute Gasteiger partial charge is 0.321 e. The number of carbonyl (C=O) groups excluding carboxylic acids is 3. The molecule has 1 aromatic rings. The van der Waals surface area contributed by atoms with E-state index in [-0.39, 0.29) is 29.7 Å². The lowest BCUT2D eigenvalue weighted by Crippen LogP contribution is -2.52. The second-order valence-corrected chi connectivity index (χ2v) is 7.91. The van der Waals surface area contributed by atoms with Crippen LogP contribution in [0.4, 0.5) is 4.79 Å². The molecule has 1 saturated carbocycles. The molecule has 0 spiro atoms. The van der Waals surface area contributed by atoms with Gasteiger partial charge in [-0.05, 0) is 65.1 Å². The number of imide groups is 1. The summed E-state index contributed by atoms with van der Waals surface area (Å²) in [5.74, 6) is -0.0866. The van der Waals surface area contributed by atoms with E-state index >= 15 is 0 Å². The highest BCUT2D eigenvalue weighted by molar-refractivity contribution is 5.99. The van der Waals surface area contributed by atoms with Gasteiger partial charge in [-0.3, -0.25) is 19.8 Å². The van der Waals surface area contributed by atoms with Crippen LogP contribution in [0.5, 0.6) is 0 Å². The lowest BCUT2D eigenvalue weighted by Gasteiger charge is -2.34. The third-order valence-electron chi connectivity index (χ3n) is 5.62. The number of nitrogens with one attached hydrogen (secondary N) is 2. The first-order chi connectivity index (χ1) is 12.8. The largest absolute Gasteiger partial charge is 0.335 e. The summed E-state index contributed by atoms with van der Waals surface area (Å²) in [5, 5.41) is 5.18. The van der Waals surface area contributed by atoms with Gasteiger partial charge < -0.3 is 5.32 Å². The summed E-state index contributed by atoms with van der Waals surface area (Å²) in [6, 6.07) is 5.38. The highest BCUT2D eigenvalue weighted by Crippen LogP contribution is 2.25. The molecule has 0 radical (unpaired) electrons. The van der Waals surface area contributed by atoms with Crippen molar-refractivity contribution < 1.29 is 14.4 Å². The zero-order chi connectivity index (χ0) is 19.6. The molecule has 6 heteroatoms. The minimum absolute atomic E-state index is 0.00363. The standard InChI is InChI=1S/C21H29N3O3/c1-13-4-7-18(14(2)12-13)19(25)16-8-10-24(11-9-16)15(3)20(26)23-21(27)22-17-5-6-17/h4,7,12,15-17H,5-6,8-11H2,1-3H3,(H2,22,23,26,27). The molecule has 27 heavy (non-hydrogen) atoms. The van der Waals surface area contributed by atoms with Gasteiger partial charge in [0.25, 0.3) is 0 Å². The third-order valence-corrected chi connectivity index (χ3v) is 5.62. The van der Waals surface area contributed by atoms with Crippen LogP contribution in [0, 0.1) is 19.8 Å².